The van der Waals surface area contributed by atoms with Gasteiger partial charge in [0.25, 0.3) is 0 Å². The molecule has 1 aliphatic rings. The van der Waals surface area contributed by atoms with Crippen LogP contribution in [0.4, 0.5) is 13.2 Å². The maximum Gasteiger partial charge on any atom is 0.416 e. The molecule has 10 heteroatoms. The Bertz CT molecular complexity index is 1150. The highest BCUT2D eigenvalue weighted by Gasteiger charge is 2.31. The molecule has 180 valence electrons. The largest absolute Gasteiger partial charge is 0.497 e. The van der Waals surface area contributed by atoms with Gasteiger partial charge in [0.1, 0.15) is 5.75 Å². The SMILES string of the molecule is COc1ccc(-c2nnc(SCC(=O)N3CCCC(C)C3)n2-c2cccc(C(F)(F)F)c2)cc1. The maximum absolute atomic E-state index is 13.4. The summed E-state index contributed by atoms with van der Waals surface area (Å²) in [6.45, 7) is 3.57. The first-order chi connectivity index (χ1) is 16.3. The molecule has 0 spiro atoms. The fraction of sp³-hybridized carbons (Fsp3) is 0.375. The van der Waals surface area contributed by atoms with Crippen LogP contribution in [0.2, 0.25) is 0 Å². The number of aromatic nitrogens is 3. The van der Waals surface area contributed by atoms with Gasteiger partial charge < -0.3 is 9.64 Å². The van der Waals surface area contributed by atoms with Gasteiger partial charge in [-0.1, -0.05) is 24.8 Å². The fourth-order valence-corrected chi connectivity index (χ4v) is 4.83. The lowest BCUT2D eigenvalue weighted by atomic mass is 10.0. The van der Waals surface area contributed by atoms with Crippen molar-refractivity contribution in [1.82, 2.24) is 19.7 Å². The number of benzene rings is 2. The van der Waals surface area contributed by atoms with Crippen molar-refractivity contribution >= 4 is 17.7 Å². The molecule has 2 aromatic carbocycles. The van der Waals surface area contributed by atoms with Gasteiger partial charge in [0.15, 0.2) is 11.0 Å². The highest BCUT2D eigenvalue weighted by molar-refractivity contribution is 7.99. The quantitative estimate of drug-likeness (QED) is 0.438. The van der Waals surface area contributed by atoms with Crippen LogP contribution in [0.15, 0.2) is 53.7 Å². The summed E-state index contributed by atoms with van der Waals surface area (Å²) in [6, 6.07) is 12.0. The molecule has 1 amide bonds. The molecule has 4 rings (SSSR count). The van der Waals surface area contributed by atoms with E-state index < -0.39 is 11.7 Å². The summed E-state index contributed by atoms with van der Waals surface area (Å²) in [7, 11) is 1.55. The summed E-state index contributed by atoms with van der Waals surface area (Å²) in [5.41, 5.74) is 0.162. The molecule has 1 atom stereocenters. The van der Waals surface area contributed by atoms with Crippen LogP contribution in [-0.4, -0.2) is 51.5 Å². The average molecular weight is 491 g/mol. The minimum atomic E-state index is -4.49. The van der Waals surface area contributed by atoms with Gasteiger partial charge in [0, 0.05) is 18.7 Å². The van der Waals surface area contributed by atoms with Gasteiger partial charge in [0.05, 0.1) is 24.1 Å². The lowest BCUT2D eigenvalue weighted by molar-refractivity contribution is -0.137. The molecule has 6 nitrogen and oxygen atoms in total. The Balaban J connectivity index is 1.68. The van der Waals surface area contributed by atoms with Crippen LogP contribution in [-0.2, 0) is 11.0 Å². The van der Waals surface area contributed by atoms with E-state index in [2.05, 4.69) is 17.1 Å². The number of alkyl halides is 3. The lowest BCUT2D eigenvalue weighted by Gasteiger charge is -2.30. The molecular formula is C24H25F3N4O2S. The molecule has 2 heterocycles. The molecule has 0 aliphatic carbocycles. The number of ether oxygens (including phenoxy) is 1. The first kappa shape index (κ1) is 24.1. The van der Waals surface area contributed by atoms with Crippen molar-refractivity contribution in [1.29, 1.82) is 0 Å². The highest BCUT2D eigenvalue weighted by Crippen LogP contribution is 2.34. The Morgan fingerprint density at radius 1 is 1.18 bits per heavy atom. The van der Waals surface area contributed by atoms with Crippen molar-refractivity contribution in [2.75, 3.05) is 26.0 Å². The van der Waals surface area contributed by atoms with E-state index in [1.807, 2.05) is 4.90 Å². The molecule has 1 saturated heterocycles. The van der Waals surface area contributed by atoms with E-state index >= 15 is 0 Å². The highest BCUT2D eigenvalue weighted by atomic mass is 32.2. The van der Waals surface area contributed by atoms with Gasteiger partial charge in [-0.2, -0.15) is 13.2 Å². The number of hydrogen-bond donors (Lipinski definition) is 0. The predicted molar refractivity (Wildman–Crippen MR) is 124 cm³/mol. The van der Waals surface area contributed by atoms with Crippen molar-refractivity contribution in [2.45, 2.75) is 31.1 Å². The van der Waals surface area contributed by atoms with Crippen LogP contribution in [0.3, 0.4) is 0 Å². The van der Waals surface area contributed by atoms with Crippen LogP contribution >= 0.6 is 11.8 Å². The van der Waals surface area contributed by atoms with E-state index in [4.69, 9.17) is 4.74 Å². The van der Waals surface area contributed by atoms with Gasteiger partial charge in [0.2, 0.25) is 5.91 Å². The number of methoxy groups -OCH3 is 1. The number of halogens is 3. The zero-order valence-corrected chi connectivity index (χ0v) is 19.7. The van der Waals surface area contributed by atoms with Crippen LogP contribution in [0.5, 0.6) is 5.75 Å². The summed E-state index contributed by atoms with van der Waals surface area (Å²) in [5, 5.41) is 8.84. The first-order valence-electron chi connectivity index (χ1n) is 10.9. The monoisotopic (exact) mass is 490 g/mol. The van der Waals surface area contributed by atoms with Gasteiger partial charge in [-0.15, -0.1) is 10.2 Å². The van der Waals surface area contributed by atoms with Crippen molar-refractivity contribution in [3.8, 4) is 22.8 Å². The number of carbonyl (C=O) groups is 1. The zero-order chi connectivity index (χ0) is 24.3. The smallest absolute Gasteiger partial charge is 0.416 e. The predicted octanol–water partition coefficient (Wildman–Crippen LogP) is 5.31. The van der Waals surface area contributed by atoms with E-state index in [-0.39, 0.29) is 17.3 Å². The molecule has 1 unspecified atom stereocenters. The molecule has 1 aromatic heterocycles. The summed E-state index contributed by atoms with van der Waals surface area (Å²) in [6.07, 6.45) is -2.41. The van der Waals surface area contributed by atoms with E-state index in [0.717, 1.165) is 38.1 Å². The molecule has 0 N–H and O–H groups in total. The number of hydrogen-bond acceptors (Lipinski definition) is 5. The van der Waals surface area contributed by atoms with Crippen molar-refractivity contribution in [3.05, 3.63) is 54.1 Å². The second-order valence-electron chi connectivity index (χ2n) is 8.29. The van der Waals surface area contributed by atoms with E-state index in [0.29, 0.717) is 28.2 Å². The summed E-state index contributed by atoms with van der Waals surface area (Å²) in [4.78, 5) is 14.6. The van der Waals surface area contributed by atoms with Crippen LogP contribution < -0.4 is 4.74 Å². The van der Waals surface area contributed by atoms with E-state index in [9.17, 15) is 18.0 Å². The third kappa shape index (κ3) is 5.38. The first-order valence-corrected chi connectivity index (χ1v) is 11.9. The van der Waals surface area contributed by atoms with Crippen molar-refractivity contribution in [2.24, 2.45) is 5.92 Å². The number of amides is 1. The van der Waals surface area contributed by atoms with Crippen molar-refractivity contribution < 1.29 is 22.7 Å². The lowest BCUT2D eigenvalue weighted by Crippen LogP contribution is -2.40. The molecule has 34 heavy (non-hydrogen) atoms. The number of thioether (sulfide) groups is 1. The number of nitrogens with zero attached hydrogens (tertiary/aromatic N) is 4. The number of likely N-dealkylation sites (tertiary alicyclic amines) is 1. The molecule has 1 aliphatic heterocycles. The Morgan fingerprint density at radius 2 is 1.94 bits per heavy atom. The number of rotatable bonds is 6. The molecule has 0 saturated carbocycles. The van der Waals surface area contributed by atoms with Gasteiger partial charge in [-0.3, -0.25) is 9.36 Å². The second-order valence-corrected chi connectivity index (χ2v) is 9.24. The molecule has 3 aromatic rings. The molecular weight excluding hydrogens is 465 g/mol. The van der Waals surface area contributed by atoms with Crippen LogP contribution in [0, 0.1) is 5.92 Å². The molecule has 0 radical (unpaired) electrons. The van der Waals surface area contributed by atoms with E-state index in [1.165, 1.54) is 17.8 Å². The van der Waals surface area contributed by atoms with Crippen LogP contribution in [0.25, 0.3) is 17.1 Å². The minimum absolute atomic E-state index is 0.0128. The standard InChI is InChI=1S/C24H25F3N4O2S/c1-16-5-4-12-30(14-16)21(32)15-34-23-29-28-22(17-8-10-20(33-2)11-9-17)31(23)19-7-3-6-18(13-19)24(25,26)27/h3,6-11,13,16H,4-5,12,14-15H2,1-2H3. The van der Waals surface area contributed by atoms with Crippen LogP contribution in [0.1, 0.15) is 25.3 Å². The zero-order valence-electron chi connectivity index (χ0n) is 18.9. The van der Waals surface area contributed by atoms with Crippen molar-refractivity contribution in [3.63, 3.8) is 0 Å². The molecule has 1 fully saturated rings. The van der Waals surface area contributed by atoms with Gasteiger partial charge in [-0.25, -0.2) is 0 Å². The minimum Gasteiger partial charge on any atom is -0.497 e. The topological polar surface area (TPSA) is 60.3 Å². The third-order valence-corrected chi connectivity index (χ3v) is 6.66. The molecule has 0 bridgehead atoms. The van der Waals surface area contributed by atoms with Gasteiger partial charge >= 0.3 is 6.18 Å². The summed E-state index contributed by atoms with van der Waals surface area (Å²) >= 11 is 1.17. The Labute approximate surface area is 200 Å². The maximum atomic E-state index is 13.4. The van der Waals surface area contributed by atoms with Gasteiger partial charge in [-0.05, 0) is 61.2 Å². The number of piperidine rings is 1. The normalized spacial score (nSPS) is 16.5. The Morgan fingerprint density at radius 3 is 2.62 bits per heavy atom. The average Bonchev–Trinajstić information content (AvgIpc) is 3.26. The Kier molecular flexibility index (Phi) is 7.16. The second kappa shape index (κ2) is 10.1. The number of carbonyl (C=O) groups excluding carboxylic acids is 1. The summed E-state index contributed by atoms with van der Waals surface area (Å²) in [5.74, 6) is 1.60. The Hall–Kier alpha value is -3.01. The van der Waals surface area contributed by atoms with E-state index in [1.54, 1.807) is 42.0 Å². The third-order valence-electron chi connectivity index (χ3n) is 5.75. The fourth-order valence-electron chi connectivity index (χ4n) is 3.98. The summed E-state index contributed by atoms with van der Waals surface area (Å²) < 4.78 is 47.0.